The van der Waals surface area contributed by atoms with Crippen molar-refractivity contribution in [1.82, 2.24) is 29.5 Å². The van der Waals surface area contributed by atoms with Crippen molar-refractivity contribution in [2.24, 2.45) is 0 Å². The zero-order valence-electron chi connectivity index (χ0n) is 23.4. The lowest BCUT2D eigenvalue weighted by atomic mass is 10.1. The van der Waals surface area contributed by atoms with Gasteiger partial charge in [0.2, 0.25) is 5.91 Å². The van der Waals surface area contributed by atoms with Crippen LogP contribution in [0.15, 0.2) is 61.1 Å². The normalized spacial score (nSPS) is 18.8. The largest absolute Gasteiger partial charge is 0.435 e. The van der Waals surface area contributed by atoms with Crippen molar-refractivity contribution in [2.45, 2.75) is 32.1 Å². The first-order chi connectivity index (χ1) is 20.8. The highest BCUT2D eigenvalue weighted by Crippen LogP contribution is 2.28. The predicted molar refractivity (Wildman–Crippen MR) is 154 cm³/mol. The molecule has 2 fully saturated rings. The van der Waals surface area contributed by atoms with Gasteiger partial charge in [0.25, 0.3) is 5.91 Å². The van der Waals surface area contributed by atoms with Crippen LogP contribution in [0.2, 0.25) is 0 Å². The summed E-state index contributed by atoms with van der Waals surface area (Å²) in [5.41, 5.74) is 4.19. The fourth-order valence-corrected chi connectivity index (χ4v) is 5.57. The zero-order valence-corrected chi connectivity index (χ0v) is 23.4. The number of hydrogen-bond donors (Lipinski definition) is 3. The van der Waals surface area contributed by atoms with Gasteiger partial charge in [-0.25, -0.2) is 9.97 Å². The molecule has 2 aliphatic rings. The molecule has 0 saturated carbocycles. The van der Waals surface area contributed by atoms with E-state index < -0.39 is 12.7 Å². The Morgan fingerprint density at radius 2 is 1.81 bits per heavy atom. The molecule has 13 heteroatoms. The molecule has 4 aromatic rings. The molecule has 0 unspecified atom stereocenters. The summed E-state index contributed by atoms with van der Waals surface area (Å²) in [5, 5.41) is 16.1. The lowest BCUT2D eigenvalue weighted by Gasteiger charge is -2.36. The van der Waals surface area contributed by atoms with E-state index >= 15 is 0 Å². The second-order valence-corrected chi connectivity index (χ2v) is 10.6. The Morgan fingerprint density at radius 1 is 1.07 bits per heavy atom. The van der Waals surface area contributed by atoms with Crippen molar-refractivity contribution >= 4 is 29.0 Å². The van der Waals surface area contributed by atoms with E-state index in [0.717, 1.165) is 22.5 Å². The van der Waals surface area contributed by atoms with Crippen LogP contribution in [-0.4, -0.2) is 92.6 Å². The summed E-state index contributed by atoms with van der Waals surface area (Å²) in [6.07, 6.45) is 4.99. The molecule has 0 bridgehead atoms. The number of halogens is 2. The Morgan fingerprint density at radius 3 is 2.49 bits per heavy atom. The van der Waals surface area contributed by atoms with Gasteiger partial charge in [-0.3, -0.25) is 14.0 Å². The van der Waals surface area contributed by atoms with Crippen molar-refractivity contribution < 1.29 is 28.2 Å². The number of aliphatic hydroxyl groups excluding tert-OH is 1. The van der Waals surface area contributed by atoms with Gasteiger partial charge in [-0.15, -0.1) is 0 Å². The first-order valence-corrected chi connectivity index (χ1v) is 14.0. The molecule has 2 atom stereocenters. The average Bonchev–Trinajstić information content (AvgIpc) is 3.64. The van der Waals surface area contributed by atoms with Gasteiger partial charge in [-0.2, -0.15) is 8.78 Å². The van der Waals surface area contributed by atoms with E-state index in [1.165, 1.54) is 12.1 Å². The Kier molecular flexibility index (Phi) is 7.91. The summed E-state index contributed by atoms with van der Waals surface area (Å²) in [4.78, 5) is 38.6. The van der Waals surface area contributed by atoms with Crippen molar-refractivity contribution in [1.29, 1.82) is 0 Å². The third-order valence-electron chi connectivity index (χ3n) is 7.81. The molecule has 2 saturated heterocycles. The molecule has 4 heterocycles. The molecule has 0 spiro atoms. The summed E-state index contributed by atoms with van der Waals surface area (Å²) in [6.45, 7) is 1.19. The number of fused-ring (bicyclic) bond motifs is 1. The number of aromatic nitrogens is 3. The molecule has 2 aromatic heterocycles. The van der Waals surface area contributed by atoms with E-state index in [-0.39, 0.29) is 23.6 Å². The van der Waals surface area contributed by atoms with Gasteiger partial charge in [0.05, 0.1) is 24.0 Å². The third-order valence-corrected chi connectivity index (χ3v) is 7.81. The van der Waals surface area contributed by atoms with Crippen molar-refractivity contribution in [3.05, 3.63) is 72.2 Å². The molecule has 0 radical (unpaired) electrons. The molecular formula is C30H31F2N7O4. The fourth-order valence-electron chi connectivity index (χ4n) is 5.57. The van der Waals surface area contributed by atoms with Crippen LogP contribution in [0.3, 0.4) is 0 Å². The van der Waals surface area contributed by atoms with Crippen molar-refractivity contribution in [3.63, 3.8) is 0 Å². The predicted octanol–water partition coefficient (Wildman–Crippen LogP) is 3.06. The lowest BCUT2D eigenvalue weighted by Crippen LogP contribution is -2.54. The number of carbonyl (C=O) groups excluding carboxylic acids is 2. The number of rotatable bonds is 7. The molecule has 2 amide bonds. The van der Waals surface area contributed by atoms with Crippen LogP contribution in [0, 0.1) is 6.92 Å². The van der Waals surface area contributed by atoms with E-state index in [9.17, 15) is 23.5 Å². The van der Waals surface area contributed by atoms with Crippen LogP contribution >= 0.6 is 0 Å². The SMILES string of the molecule is Cc1cc(Nc2nccn3c(-c4ccc(OC(F)F)cc4)cnc23)ccc1C(=O)N1CCN(C(=O)[C@@H]2C[C@H](O)CN2)CC1. The van der Waals surface area contributed by atoms with Gasteiger partial charge in [-0.1, -0.05) is 0 Å². The number of aryl methyl sites for hydroxylation is 1. The van der Waals surface area contributed by atoms with Crippen LogP contribution in [-0.2, 0) is 4.79 Å². The van der Waals surface area contributed by atoms with Gasteiger partial charge in [0.1, 0.15) is 5.75 Å². The summed E-state index contributed by atoms with van der Waals surface area (Å²) in [7, 11) is 0. The number of anilines is 2. The van der Waals surface area contributed by atoms with Crippen molar-refractivity contribution in [2.75, 3.05) is 38.0 Å². The van der Waals surface area contributed by atoms with E-state index in [4.69, 9.17) is 0 Å². The van der Waals surface area contributed by atoms with Gasteiger partial charge < -0.3 is 30.3 Å². The maximum atomic E-state index is 13.3. The molecule has 43 heavy (non-hydrogen) atoms. The van der Waals surface area contributed by atoms with E-state index in [0.29, 0.717) is 56.2 Å². The minimum absolute atomic E-state index is 0.0270. The Labute approximate surface area is 246 Å². The average molecular weight is 592 g/mol. The van der Waals surface area contributed by atoms with Crippen LogP contribution in [0.4, 0.5) is 20.3 Å². The minimum atomic E-state index is -2.89. The number of imidazole rings is 1. The van der Waals surface area contributed by atoms with Gasteiger partial charge in [0.15, 0.2) is 11.5 Å². The summed E-state index contributed by atoms with van der Waals surface area (Å²) < 4.78 is 31.3. The monoisotopic (exact) mass is 591 g/mol. The van der Waals surface area contributed by atoms with Gasteiger partial charge >= 0.3 is 6.61 Å². The highest BCUT2D eigenvalue weighted by atomic mass is 19.3. The fraction of sp³-hybridized carbons (Fsp3) is 0.333. The summed E-state index contributed by atoms with van der Waals surface area (Å²) >= 11 is 0. The number of nitrogens with one attached hydrogen (secondary N) is 2. The number of hydrogen-bond acceptors (Lipinski definition) is 8. The van der Waals surface area contributed by atoms with Crippen LogP contribution in [0.5, 0.6) is 5.75 Å². The number of β-amino-alcohol motifs (C(OH)–C–C–N with tert-alkyl or cyclic N) is 1. The minimum Gasteiger partial charge on any atom is -0.435 e. The van der Waals surface area contributed by atoms with Gasteiger partial charge in [-0.05, 0) is 61.4 Å². The van der Waals surface area contributed by atoms with Crippen LogP contribution < -0.4 is 15.4 Å². The Balaban J connectivity index is 1.12. The molecule has 0 aliphatic carbocycles. The molecular weight excluding hydrogens is 560 g/mol. The molecule has 224 valence electrons. The Hall–Kier alpha value is -4.62. The standard InChI is InChI=1S/C30H31F2N7O4/c1-18-14-20(4-7-23(18)28(41)37-10-12-38(13-11-37)29(42)24-15-21(40)16-34-24)36-26-27-35-17-25(39(27)9-8-33-26)19-2-5-22(6-3-19)43-30(31)32/h2-9,14,17,21,24,30,34,40H,10-13,15-16H2,1H3,(H,33,36)/t21-,24-/m0/s1. The second-order valence-electron chi connectivity index (χ2n) is 10.6. The topological polar surface area (TPSA) is 124 Å². The maximum Gasteiger partial charge on any atom is 0.387 e. The highest BCUT2D eigenvalue weighted by molar-refractivity contribution is 5.96. The van der Waals surface area contributed by atoms with E-state index in [2.05, 4.69) is 25.3 Å². The summed E-state index contributed by atoms with van der Waals surface area (Å²) in [6, 6.07) is 11.4. The van der Waals surface area contributed by atoms with E-state index in [1.54, 1.807) is 46.6 Å². The first kappa shape index (κ1) is 28.5. The number of benzene rings is 2. The van der Waals surface area contributed by atoms with E-state index in [1.807, 2.05) is 23.5 Å². The zero-order chi connectivity index (χ0) is 30.1. The van der Waals surface area contributed by atoms with Gasteiger partial charge in [0, 0.05) is 61.9 Å². The number of ether oxygens (including phenoxy) is 1. The number of nitrogens with zero attached hydrogens (tertiary/aromatic N) is 5. The highest BCUT2D eigenvalue weighted by Gasteiger charge is 2.33. The molecule has 3 N–H and O–H groups in total. The van der Waals surface area contributed by atoms with Crippen molar-refractivity contribution in [3.8, 4) is 17.0 Å². The summed E-state index contributed by atoms with van der Waals surface area (Å²) in [5.74, 6) is 0.467. The Bertz CT molecular complexity index is 1640. The number of amides is 2. The molecule has 6 rings (SSSR count). The lowest BCUT2D eigenvalue weighted by molar-refractivity contribution is -0.134. The first-order valence-electron chi connectivity index (χ1n) is 14.0. The molecule has 11 nitrogen and oxygen atoms in total. The molecule has 2 aliphatic heterocycles. The third kappa shape index (κ3) is 5.99. The molecule has 2 aromatic carbocycles. The smallest absolute Gasteiger partial charge is 0.387 e. The van der Waals surface area contributed by atoms with Crippen LogP contribution in [0.1, 0.15) is 22.3 Å². The maximum absolute atomic E-state index is 13.3. The number of aliphatic hydroxyl groups is 1. The number of carbonyl (C=O) groups is 2. The second kappa shape index (κ2) is 11.9. The number of piperazine rings is 1. The van der Waals surface area contributed by atoms with Crippen LogP contribution in [0.25, 0.3) is 16.9 Å². The number of alkyl halides is 2. The quantitative estimate of drug-likeness (QED) is 0.300.